The summed E-state index contributed by atoms with van der Waals surface area (Å²) < 4.78 is 0. The Balaban J connectivity index is 1.73. The Bertz CT molecular complexity index is 677. The van der Waals surface area contributed by atoms with Crippen molar-refractivity contribution in [3.05, 3.63) is 65.2 Å². The summed E-state index contributed by atoms with van der Waals surface area (Å²) >= 11 is 5.87. The SMILES string of the molecule is CC1N=C(Nc2ccc(Cl)cc2)NN=C1c1ccccc1. The second-order valence-electron chi connectivity index (χ2n) is 4.76. The molecule has 21 heavy (non-hydrogen) atoms. The first-order chi connectivity index (χ1) is 10.2. The number of hydrazone groups is 1. The first-order valence-electron chi connectivity index (χ1n) is 6.72. The van der Waals surface area contributed by atoms with E-state index in [-0.39, 0.29) is 6.04 Å². The lowest BCUT2D eigenvalue weighted by Gasteiger charge is -2.20. The normalized spacial score (nSPS) is 17.5. The van der Waals surface area contributed by atoms with Gasteiger partial charge in [-0.1, -0.05) is 41.9 Å². The minimum absolute atomic E-state index is 0.0107. The lowest BCUT2D eigenvalue weighted by molar-refractivity contribution is 0.866. The van der Waals surface area contributed by atoms with E-state index in [9.17, 15) is 0 Å². The third-order valence-electron chi connectivity index (χ3n) is 3.18. The van der Waals surface area contributed by atoms with Gasteiger partial charge in [-0.3, -0.25) is 0 Å². The zero-order valence-corrected chi connectivity index (χ0v) is 12.3. The number of nitrogens with one attached hydrogen (secondary N) is 2. The number of rotatable bonds is 2. The van der Waals surface area contributed by atoms with E-state index in [0.29, 0.717) is 11.0 Å². The largest absolute Gasteiger partial charge is 0.325 e. The quantitative estimate of drug-likeness (QED) is 0.891. The van der Waals surface area contributed by atoms with Gasteiger partial charge in [-0.15, -0.1) is 0 Å². The maximum Gasteiger partial charge on any atom is 0.217 e. The monoisotopic (exact) mass is 298 g/mol. The van der Waals surface area contributed by atoms with Crippen LogP contribution in [0.4, 0.5) is 5.69 Å². The molecular formula is C16H15ClN4. The molecule has 4 nitrogen and oxygen atoms in total. The molecule has 1 unspecified atom stereocenters. The van der Waals surface area contributed by atoms with Crippen LogP contribution in [0.2, 0.25) is 5.02 Å². The number of aliphatic imine (C=N–C) groups is 1. The van der Waals surface area contributed by atoms with Crippen LogP contribution in [0.5, 0.6) is 0 Å². The summed E-state index contributed by atoms with van der Waals surface area (Å²) in [5.41, 5.74) is 5.87. The molecule has 3 rings (SSSR count). The molecule has 0 fully saturated rings. The smallest absolute Gasteiger partial charge is 0.217 e. The number of hydrogen-bond donors (Lipinski definition) is 2. The highest BCUT2D eigenvalue weighted by atomic mass is 35.5. The van der Waals surface area contributed by atoms with Crippen molar-refractivity contribution < 1.29 is 0 Å². The lowest BCUT2D eigenvalue weighted by Crippen LogP contribution is -2.36. The van der Waals surface area contributed by atoms with Gasteiger partial charge in [0.25, 0.3) is 0 Å². The number of anilines is 1. The van der Waals surface area contributed by atoms with Crippen LogP contribution >= 0.6 is 11.6 Å². The van der Waals surface area contributed by atoms with E-state index >= 15 is 0 Å². The maximum absolute atomic E-state index is 5.87. The van der Waals surface area contributed by atoms with Gasteiger partial charge in [0, 0.05) is 10.7 Å². The molecule has 0 radical (unpaired) electrons. The Kier molecular flexibility index (Phi) is 3.88. The van der Waals surface area contributed by atoms with E-state index in [1.807, 2.05) is 61.5 Å². The van der Waals surface area contributed by atoms with Gasteiger partial charge in [0.15, 0.2) is 0 Å². The van der Waals surface area contributed by atoms with Crippen molar-refractivity contribution in [3.8, 4) is 0 Å². The van der Waals surface area contributed by atoms with E-state index in [1.54, 1.807) is 0 Å². The first kappa shape index (κ1) is 13.6. The van der Waals surface area contributed by atoms with Crippen LogP contribution < -0.4 is 10.7 Å². The van der Waals surface area contributed by atoms with Gasteiger partial charge in [-0.05, 0) is 36.8 Å². The first-order valence-corrected chi connectivity index (χ1v) is 7.09. The summed E-state index contributed by atoms with van der Waals surface area (Å²) in [5, 5.41) is 8.31. The topological polar surface area (TPSA) is 48.8 Å². The average Bonchev–Trinajstić information content (AvgIpc) is 2.51. The minimum Gasteiger partial charge on any atom is -0.325 e. The summed E-state index contributed by atoms with van der Waals surface area (Å²) in [6.07, 6.45) is 0. The van der Waals surface area contributed by atoms with Crippen LogP contribution in [0.15, 0.2) is 64.7 Å². The molecule has 1 aliphatic rings. The number of halogens is 1. The summed E-state index contributed by atoms with van der Waals surface area (Å²) in [4.78, 5) is 4.59. The summed E-state index contributed by atoms with van der Waals surface area (Å²) in [6.45, 7) is 2.02. The molecule has 2 aromatic rings. The molecule has 2 N–H and O–H groups in total. The van der Waals surface area contributed by atoms with Crippen LogP contribution in [-0.2, 0) is 0 Å². The fraction of sp³-hybridized carbons (Fsp3) is 0.125. The highest BCUT2D eigenvalue weighted by molar-refractivity contribution is 6.30. The highest BCUT2D eigenvalue weighted by Crippen LogP contribution is 2.15. The van der Waals surface area contributed by atoms with Gasteiger partial charge in [0.1, 0.15) is 0 Å². The second kappa shape index (κ2) is 5.97. The highest BCUT2D eigenvalue weighted by Gasteiger charge is 2.17. The molecular weight excluding hydrogens is 284 g/mol. The predicted molar refractivity (Wildman–Crippen MR) is 88.1 cm³/mol. The van der Waals surface area contributed by atoms with Gasteiger partial charge < -0.3 is 5.32 Å². The Morgan fingerprint density at radius 1 is 1.05 bits per heavy atom. The maximum atomic E-state index is 5.87. The Morgan fingerprint density at radius 2 is 1.76 bits per heavy atom. The summed E-state index contributed by atoms with van der Waals surface area (Å²) in [6, 6.07) is 17.5. The minimum atomic E-state index is -0.0107. The standard InChI is InChI=1S/C16H15ClN4/c1-11-15(12-5-3-2-4-6-12)20-21-16(18-11)19-14-9-7-13(17)8-10-14/h2-11H,1H3,(H2,18,19,21). The summed E-state index contributed by atoms with van der Waals surface area (Å²) in [7, 11) is 0. The molecule has 0 saturated heterocycles. The number of hydrogen-bond acceptors (Lipinski definition) is 4. The summed E-state index contributed by atoms with van der Waals surface area (Å²) in [5.74, 6) is 0.629. The van der Waals surface area contributed by atoms with Crippen molar-refractivity contribution in [2.24, 2.45) is 10.1 Å². The van der Waals surface area contributed by atoms with Crippen LogP contribution in [0, 0.1) is 0 Å². The third-order valence-corrected chi connectivity index (χ3v) is 3.43. The fourth-order valence-corrected chi connectivity index (χ4v) is 2.26. The van der Waals surface area contributed by atoms with Gasteiger partial charge in [-0.2, -0.15) is 5.10 Å². The van der Waals surface area contributed by atoms with E-state index < -0.39 is 0 Å². The third kappa shape index (κ3) is 3.23. The van der Waals surface area contributed by atoms with E-state index in [1.165, 1.54) is 0 Å². The Morgan fingerprint density at radius 3 is 2.43 bits per heavy atom. The molecule has 1 atom stereocenters. The zero-order valence-electron chi connectivity index (χ0n) is 11.5. The molecule has 0 aliphatic carbocycles. The van der Waals surface area contributed by atoms with Crippen molar-refractivity contribution in [2.75, 3.05) is 5.32 Å². The number of benzene rings is 2. The number of nitrogens with zero attached hydrogens (tertiary/aromatic N) is 2. The molecule has 2 aromatic carbocycles. The molecule has 1 heterocycles. The Labute approximate surface area is 128 Å². The zero-order chi connectivity index (χ0) is 14.7. The van der Waals surface area contributed by atoms with Crippen molar-refractivity contribution in [2.45, 2.75) is 13.0 Å². The Hall–Kier alpha value is -2.33. The molecule has 0 bridgehead atoms. The van der Waals surface area contributed by atoms with Gasteiger partial charge in [0.2, 0.25) is 5.96 Å². The van der Waals surface area contributed by atoms with Crippen LogP contribution in [0.1, 0.15) is 12.5 Å². The van der Waals surface area contributed by atoms with Crippen molar-refractivity contribution in [1.29, 1.82) is 0 Å². The second-order valence-corrected chi connectivity index (χ2v) is 5.20. The van der Waals surface area contributed by atoms with Gasteiger partial charge >= 0.3 is 0 Å². The van der Waals surface area contributed by atoms with E-state index in [0.717, 1.165) is 17.0 Å². The number of guanidine groups is 1. The molecule has 5 heteroatoms. The fourth-order valence-electron chi connectivity index (χ4n) is 2.14. The van der Waals surface area contributed by atoms with Crippen molar-refractivity contribution in [3.63, 3.8) is 0 Å². The van der Waals surface area contributed by atoms with Crippen LogP contribution in [0.25, 0.3) is 0 Å². The molecule has 0 spiro atoms. The molecule has 106 valence electrons. The van der Waals surface area contributed by atoms with E-state index in [4.69, 9.17) is 11.6 Å². The van der Waals surface area contributed by atoms with Crippen LogP contribution in [0.3, 0.4) is 0 Å². The molecule has 0 saturated carbocycles. The van der Waals surface area contributed by atoms with Crippen molar-refractivity contribution >= 4 is 29.0 Å². The van der Waals surface area contributed by atoms with Crippen molar-refractivity contribution in [1.82, 2.24) is 5.43 Å². The van der Waals surface area contributed by atoms with Crippen LogP contribution in [-0.4, -0.2) is 17.7 Å². The molecule has 0 aromatic heterocycles. The average molecular weight is 299 g/mol. The van der Waals surface area contributed by atoms with E-state index in [2.05, 4.69) is 20.8 Å². The van der Waals surface area contributed by atoms with Gasteiger partial charge in [-0.25, -0.2) is 10.4 Å². The molecule has 1 aliphatic heterocycles. The molecule has 0 amide bonds. The predicted octanol–water partition coefficient (Wildman–Crippen LogP) is 3.50. The van der Waals surface area contributed by atoms with Gasteiger partial charge in [0.05, 0.1) is 11.8 Å². The lowest BCUT2D eigenvalue weighted by atomic mass is 10.0.